The highest BCUT2D eigenvalue weighted by atomic mass is 35.5. The summed E-state index contributed by atoms with van der Waals surface area (Å²) in [5.74, 6) is 0. The quantitative estimate of drug-likeness (QED) is 0.792. The molecule has 84 valence electrons. The van der Waals surface area contributed by atoms with Crippen molar-refractivity contribution in [3.05, 3.63) is 28.8 Å². The molecule has 6 heteroatoms. The molecule has 0 aliphatic carbocycles. The Kier molecular flexibility index (Phi) is 3.82. The van der Waals surface area contributed by atoms with E-state index in [1.54, 1.807) is 7.05 Å². The smallest absolute Gasteiger partial charge is 0.372 e. The lowest BCUT2D eigenvalue weighted by Crippen LogP contribution is -2.17. The minimum atomic E-state index is -4.42. The first kappa shape index (κ1) is 12.1. The fourth-order valence-electron chi connectivity index (χ4n) is 1.04. The third-order valence-corrected chi connectivity index (χ3v) is 2.07. The van der Waals surface area contributed by atoms with Gasteiger partial charge >= 0.3 is 6.18 Å². The highest BCUT2D eigenvalue weighted by Gasteiger charge is 2.33. The van der Waals surface area contributed by atoms with Gasteiger partial charge in [0, 0.05) is 5.69 Å². The summed E-state index contributed by atoms with van der Waals surface area (Å²) >= 11 is 5.45. The molecule has 0 amide bonds. The molecule has 0 saturated carbocycles. The maximum Gasteiger partial charge on any atom is 0.417 e. The number of hydrogen-bond donors (Lipinski definition) is 2. The summed E-state index contributed by atoms with van der Waals surface area (Å²) in [5.41, 5.74) is -0.452. The second kappa shape index (κ2) is 4.72. The molecule has 0 bridgehead atoms. The zero-order valence-electron chi connectivity index (χ0n) is 7.95. The molecule has 1 rings (SSSR count). The molecule has 0 spiro atoms. The van der Waals surface area contributed by atoms with Crippen LogP contribution in [0, 0.1) is 0 Å². The summed E-state index contributed by atoms with van der Waals surface area (Å²) in [6, 6.07) is 3.71. The minimum Gasteiger partial charge on any atom is -0.372 e. The highest BCUT2D eigenvalue weighted by molar-refractivity contribution is 6.31. The number of alkyl halides is 3. The zero-order valence-corrected chi connectivity index (χ0v) is 8.71. The van der Waals surface area contributed by atoms with Crippen LogP contribution in [0.3, 0.4) is 0 Å². The van der Waals surface area contributed by atoms with E-state index in [2.05, 4.69) is 10.6 Å². The van der Waals surface area contributed by atoms with Crippen LogP contribution < -0.4 is 10.6 Å². The molecule has 2 N–H and O–H groups in total. The average Bonchev–Trinajstić information content (AvgIpc) is 2.15. The average molecular weight is 239 g/mol. The molecule has 0 atom stereocenters. The lowest BCUT2D eigenvalue weighted by atomic mass is 10.2. The maximum absolute atomic E-state index is 12.4. The molecule has 1 aromatic carbocycles. The number of nitrogens with one attached hydrogen (secondary N) is 2. The van der Waals surface area contributed by atoms with Crippen molar-refractivity contribution in [3.63, 3.8) is 0 Å². The Morgan fingerprint density at radius 1 is 1.33 bits per heavy atom. The predicted molar refractivity (Wildman–Crippen MR) is 54.0 cm³/mol. The van der Waals surface area contributed by atoms with Crippen LogP contribution in [0.1, 0.15) is 5.56 Å². The topological polar surface area (TPSA) is 24.1 Å². The molecule has 0 fully saturated rings. The Morgan fingerprint density at radius 3 is 2.53 bits per heavy atom. The van der Waals surface area contributed by atoms with Crippen LogP contribution in [-0.4, -0.2) is 13.7 Å². The molecule has 0 saturated heterocycles. The fraction of sp³-hybridized carbons (Fsp3) is 0.333. The van der Waals surface area contributed by atoms with Gasteiger partial charge < -0.3 is 10.6 Å². The maximum atomic E-state index is 12.4. The standard InChI is InChI=1S/C9H10ClF3N2/c1-14-5-15-6-2-3-8(10)7(4-6)9(11,12)13/h2-4,14-15H,5H2,1H3. The van der Waals surface area contributed by atoms with Gasteiger partial charge in [-0.3, -0.25) is 0 Å². The van der Waals surface area contributed by atoms with E-state index < -0.39 is 11.7 Å². The SMILES string of the molecule is CNCNc1ccc(Cl)c(C(F)(F)F)c1. The van der Waals surface area contributed by atoms with Crippen LogP contribution in [0.4, 0.5) is 18.9 Å². The number of hydrogen-bond acceptors (Lipinski definition) is 2. The van der Waals surface area contributed by atoms with Gasteiger partial charge in [0.15, 0.2) is 0 Å². The fourth-order valence-corrected chi connectivity index (χ4v) is 1.27. The summed E-state index contributed by atoms with van der Waals surface area (Å²) in [6.45, 7) is 0.388. The molecule has 15 heavy (non-hydrogen) atoms. The molecule has 0 radical (unpaired) electrons. The van der Waals surface area contributed by atoms with E-state index in [1.165, 1.54) is 12.1 Å². The first-order chi connectivity index (χ1) is 6.95. The van der Waals surface area contributed by atoms with E-state index in [0.717, 1.165) is 6.07 Å². The number of benzene rings is 1. The van der Waals surface area contributed by atoms with E-state index >= 15 is 0 Å². The lowest BCUT2D eigenvalue weighted by Gasteiger charge is -2.11. The van der Waals surface area contributed by atoms with Crippen molar-refractivity contribution >= 4 is 17.3 Å². The van der Waals surface area contributed by atoms with Gasteiger partial charge in [-0.05, 0) is 25.2 Å². The van der Waals surface area contributed by atoms with Crippen molar-refractivity contribution < 1.29 is 13.2 Å². The zero-order chi connectivity index (χ0) is 11.5. The molecule has 0 aliphatic heterocycles. The van der Waals surface area contributed by atoms with E-state index in [0.29, 0.717) is 12.4 Å². The number of anilines is 1. The van der Waals surface area contributed by atoms with Gasteiger partial charge in [0.25, 0.3) is 0 Å². The molecule has 0 unspecified atom stereocenters. The third-order valence-electron chi connectivity index (χ3n) is 1.74. The Morgan fingerprint density at radius 2 is 2.00 bits per heavy atom. The van der Waals surface area contributed by atoms with Crippen molar-refractivity contribution in [2.24, 2.45) is 0 Å². The monoisotopic (exact) mass is 238 g/mol. The van der Waals surface area contributed by atoms with E-state index in [4.69, 9.17) is 11.6 Å². The van der Waals surface area contributed by atoms with E-state index in [1.807, 2.05) is 0 Å². The number of rotatable bonds is 3. The van der Waals surface area contributed by atoms with Crippen molar-refractivity contribution in [2.75, 3.05) is 19.0 Å². The first-order valence-electron chi connectivity index (χ1n) is 4.20. The van der Waals surface area contributed by atoms with Crippen LogP contribution in [0.25, 0.3) is 0 Å². The van der Waals surface area contributed by atoms with Crippen LogP contribution in [0.2, 0.25) is 5.02 Å². The van der Waals surface area contributed by atoms with Crippen molar-refractivity contribution in [1.29, 1.82) is 0 Å². The number of halogens is 4. The summed E-state index contributed by atoms with van der Waals surface area (Å²) in [5, 5.41) is 5.23. The first-order valence-corrected chi connectivity index (χ1v) is 4.58. The molecule has 0 aliphatic rings. The predicted octanol–water partition coefficient (Wildman–Crippen LogP) is 2.95. The summed E-state index contributed by atoms with van der Waals surface area (Å²) in [7, 11) is 1.69. The van der Waals surface area contributed by atoms with Crippen molar-refractivity contribution in [3.8, 4) is 0 Å². The minimum absolute atomic E-state index is 0.294. The Bertz CT molecular complexity index is 339. The second-order valence-electron chi connectivity index (χ2n) is 2.90. The molecular weight excluding hydrogens is 229 g/mol. The van der Waals surface area contributed by atoms with E-state index in [9.17, 15) is 13.2 Å². The van der Waals surface area contributed by atoms with Gasteiger partial charge in [-0.25, -0.2) is 0 Å². The van der Waals surface area contributed by atoms with Gasteiger partial charge in [0.2, 0.25) is 0 Å². The summed E-state index contributed by atoms with van der Waals surface area (Å²) < 4.78 is 37.3. The molecule has 1 aromatic rings. The summed E-state index contributed by atoms with van der Waals surface area (Å²) in [4.78, 5) is 0. The molecule has 0 aromatic heterocycles. The Labute approximate surface area is 90.4 Å². The molecular formula is C9H10ClF3N2. The van der Waals surface area contributed by atoms with Gasteiger partial charge in [-0.2, -0.15) is 13.2 Å². The molecule has 2 nitrogen and oxygen atoms in total. The van der Waals surface area contributed by atoms with Gasteiger partial charge in [-0.1, -0.05) is 11.6 Å². The highest BCUT2D eigenvalue weighted by Crippen LogP contribution is 2.35. The van der Waals surface area contributed by atoms with Crippen LogP contribution in [0.15, 0.2) is 18.2 Å². The van der Waals surface area contributed by atoms with Crippen molar-refractivity contribution in [1.82, 2.24) is 5.32 Å². The van der Waals surface area contributed by atoms with E-state index in [-0.39, 0.29) is 5.02 Å². The van der Waals surface area contributed by atoms with Crippen LogP contribution in [-0.2, 0) is 6.18 Å². The van der Waals surface area contributed by atoms with Gasteiger partial charge in [0.05, 0.1) is 17.3 Å². The lowest BCUT2D eigenvalue weighted by molar-refractivity contribution is -0.137. The van der Waals surface area contributed by atoms with Gasteiger partial charge in [0.1, 0.15) is 0 Å². The van der Waals surface area contributed by atoms with Gasteiger partial charge in [-0.15, -0.1) is 0 Å². The summed E-state index contributed by atoms with van der Waals surface area (Å²) in [6.07, 6.45) is -4.42. The Hall–Kier alpha value is -0.940. The second-order valence-corrected chi connectivity index (χ2v) is 3.31. The van der Waals surface area contributed by atoms with Crippen LogP contribution in [0.5, 0.6) is 0 Å². The Balaban J connectivity index is 2.95. The van der Waals surface area contributed by atoms with Crippen molar-refractivity contribution in [2.45, 2.75) is 6.18 Å². The largest absolute Gasteiger partial charge is 0.417 e. The van der Waals surface area contributed by atoms with Crippen LogP contribution >= 0.6 is 11.6 Å². The third kappa shape index (κ3) is 3.28. The normalized spacial score (nSPS) is 11.5. The molecule has 0 heterocycles.